The lowest BCUT2D eigenvalue weighted by Gasteiger charge is -2.02. The van der Waals surface area contributed by atoms with Crippen LogP contribution in [0.5, 0.6) is 5.75 Å². The maximum absolute atomic E-state index is 12.5. The molecule has 0 fully saturated rings. The van der Waals surface area contributed by atoms with Crippen LogP contribution in [0.2, 0.25) is 0 Å². The molecule has 1 heterocycles. The third-order valence-electron chi connectivity index (χ3n) is 3.97. The van der Waals surface area contributed by atoms with E-state index in [4.69, 9.17) is 4.74 Å². The van der Waals surface area contributed by atoms with Crippen molar-refractivity contribution >= 4 is 11.9 Å². The molecule has 0 N–H and O–H groups in total. The predicted molar refractivity (Wildman–Crippen MR) is 106 cm³/mol. The highest BCUT2D eigenvalue weighted by Crippen LogP contribution is 2.16. The molecular formula is C22H18N4O2. The maximum Gasteiger partial charge on any atom is 0.203 e. The lowest BCUT2D eigenvalue weighted by atomic mass is 10.0. The van der Waals surface area contributed by atoms with E-state index in [1.54, 1.807) is 47.3 Å². The number of aromatic nitrogens is 3. The van der Waals surface area contributed by atoms with Crippen LogP contribution in [0.25, 0.3) is 6.08 Å². The Morgan fingerprint density at radius 1 is 1.21 bits per heavy atom. The first-order valence-electron chi connectivity index (χ1n) is 8.61. The number of hydrogen-bond donors (Lipinski definition) is 0. The van der Waals surface area contributed by atoms with E-state index in [-0.39, 0.29) is 11.4 Å². The van der Waals surface area contributed by atoms with Crippen LogP contribution in [0, 0.1) is 11.3 Å². The van der Waals surface area contributed by atoms with E-state index < -0.39 is 0 Å². The Labute approximate surface area is 163 Å². The number of nitrogens with zero attached hydrogens (tertiary/aromatic N) is 4. The first kappa shape index (κ1) is 18.8. The van der Waals surface area contributed by atoms with Gasteiger partial charge in [-0.15, -0.1) is 5.10 Å². The van der Waals surface area contributed by atoms with Gasteiger partial charge in [-0.25, -0.2) is 4.68 Å². The van der Waals surface area contributed by atoms with Crippen molar-refractivity contribution < 1.29 is 9.53 Å². The lowest BCUT2D eigenvalue weighted by molar-refractivity contribution is 0.103. The van der Waals surface area contributed by atoms with Crippen LogP contribution in [-0.4, -0.2) is 27.9 Å². The van der Waals surface area contributed by atoms with Gasteiger partial charge in [0.25, 0.3) is 0 Å². The highest BCUT2D eigenvalue weighted by atomic mass is 16.5. The fourth-order valence-corrected chi connectivity index (χ4v) is 2.56. The van der Waals surface area contributed by atoms with Crippen molar-refractivity contribution in [1.82, 2.24) is 15.0 Å². The third-order valence-corrected chi connectivity index (χ3v) is 3.97. The maximum atomic E-state index is 12.5. The van der Waals surface area contributed by atoms with Gasteiger partial charge in [-0.3, -0.25) is 4.79 Å². The molecule has 0 atom stereocenters. The molecule has 2 aromatic carbocycles. The summed E-state index contributed by atoms with van der Waals surface area (Å²) in [5.41, 5.74) is 2.19. The molecule has 6 heteroatoms. The molecule has 0 amide bonds. The Bertz CT molecular complexity index is 1060. The minimum absolute atomic E-state index is 0.0289. The van der Waals surface area contributed by atoms with E-state index in [9.17, 15) is 10.1 Å². The number of nitriles is 1. The van der Waals surface area contributed by atoms with Crippen molar-refractivity contribution in [2.24, 2.45) is 0 Å². The molecule has 0 saturated heterocycles. The topological polar surface area (TPSA) is 80.8 Å². The second-order valence-electron chi connectivity index (χ2n) is 5.94. The number of rotatable bonds is 7. The van der Waals surface area contributed by atoms with Crippen LogP contribution < -0.4 is 4.74 Å². The Kier molecular flexibility index (Phi) is 6.11. The molecule has 0 bridgehead atoms. The van der Waals surface area contributed by atoms with Gasteiger partial charge in [0.15, 0.2) is 0 Å². The molecule has 1 aromatic heterocycles. The van der Waals surface area contributed by atoms with E-state index >= 15 is 0 Å². The molecule has 3 aromatic rings. The zero-order chi connectivity index (χ0) is 19.8. The van der Waals surface area contributed by atoms with Gasteiger partial charge in [0, 0.05) is 5.56 Å². The summed E-state index contributed by atoms with van der Waals surface area (Å²) in [4.78, 5) is 12.5. The van der Waals surface area contributed by atoms with Gasteiger partial charge >= 0.3 is 0 Å². The minimum atomic E-state index is -0.362. The number of ketones is 1. The Morgan fingerprint density at radius 2 is 2.04 bits per heavy atom. The van der Waals surface area contributed by atoms with Crippen LogP contribution >= 0.6 is 0 Å². The summed E-state index contributed by atoms with van der Waals surface area (Å²) in [7, 11) is 1.53. The monoisotopic (exact) mass is 370 g/mol. The number of Topliss-reactive ketones (excluding diaryl/α,β-unsaturated/α-hetero) is 1. The van der Waals surface area contributed by atoms with Crippen molar-refractivity contribution in [3.63, 3.8) is 0 Å². The second kappa shape index (κ2) is 9.10. The fraction of sp³-hybridized carbons (Fsp3) is 0.0909. The molecule has 0 radical (unpaired) electrons. The summed E-state index contributed by atoms with van der Waals surface area (Å²) in [6.07, 6.45) is 6.59. The number of allylic oxidation sites excluding steroid dienone is 3. The van der Waals surface area contributed by atoms with Crippen LogP contribution in [0.3, 0.4) is 0 Å². The van der Waals surface area contributed by atoms with Crippen molar-refractivity contribution in [2.75, 3.05) is 7.11 Å². The lowest BCUT2D eigenvalue weighted by Crippen LogP contribution is -2.02. The Morgan fingerprint density at radius 3 is 2.79 bits per heavy atom. The van der Waals surface area contributed by atoms with Gasteiger partial charge in [0.2, 0.25) is 5.78 Å². The van der Waals surface area contributed by atoms with Crippen molar-refractivity contribution in [1.29, 1.82) is 5.26 Å². The van der Waals surface area contributed by atoms with Gasteiger partial charge in [0.1, 0.15) is 17.5 Å². The van der Waals surface area contributed by atoms with E-state index in [2.05, 4.69) is 10.3 Å². The minimum Gasteiger partial charge on any atom is -0.497 e. The van der Waals surface area contributed by atoms with Crippen LogP contribution in [0.15, 0.2) is 78.5 Å². The largest absolute Gasteiger partial charge is 0.497 e. The fourth-order valence-electron chi connectivity index (χ4n) is 2.56. The molecule has 0 unspecified atom stereocenters. The van der Waals surface area contributed by atoms with Crippen molar-refractivity contribution in [3.05, 3.63) is 95.3 Å². The first-order valence-corrected chi connectivity index (χ1v) is 8.61. The number of carbonyl (C=O) groups is 1. The standard InChI is InChI=1S/C22H18N4O2/c1-28-21-12-6-9-18(13-21)22(27)19(14-23)10-5-11-20-16-26(25-24-20)15-17-7-3-2-4-8-17/h2-13,16H,15H2,1H3/b11-5+,19-10+. The molecule has 28 heavy (non-hydrogen) atoms. The summed E-state index contributed by atoms with van der Waals surface area (Å²) in [6.45, 7) is 0.620. The van der Waals surface area contributed by atoms with E-state index in [1.165, 1.54) is 13.2 Å². The number of carbonyl (C=O) groups excluding carboxylic acids is 1. The summed E-state index contributed by atoms with van der Waals surface area (Å²) in [6, 6.07) is 18.6. The number of methoxy groups -OCH3 is 1. The van der Waals surface area contributed by atoms with Gasteiger partial charge < -0.3 is 4.74 Å². The number of ether oxygens (including phenoxy) is 1. The van der Waals surface area contributed by atoms with E-state index in [0.717, 1.165) is 5.56 Å². The molecule has 0 aliphatic carbocycles. The van der Waals surface area contributed by atoms with Gasteiger partial charge in [-0.1, -0.05) is 53.8 Å². The Balaban J connectivity index is 1.70. The number of benzene rings is 2. The van der Waals surface area contributed by atoms with Crippen LogP contribution in [0.4, 0.5) is 0 Å². The van der Waals surface area contributed by atoms with E-state index in [1.807, 2.05) is 36.4 Å². The molecule has 0 saturated carbocycles. The highest BCUT2D eigenvalue weighted by molar-refractivity contribution is 6.11. The normalized spacial score (nSPS) is 11.4. The van der Waals surface area contributed by atoms with E-state index in [0.29, 0.717) is 23.6 Å². The zero-order valence-electron chi connectivity index (χ0n) is 15.3. The molecular weight excluding hydrogens is 352 g/mol. The molecule has 3 rings (SSSR count). The van der Waals surface area contributed by atoms with Crippen molar-refractivity contribution in [3.8, 4) is 11.8 Å². The average Bonchev–Trinajstić information content (AvgIpc) is 3.18. The summed E-state index contributed by atoms with van der Waals surface area (Å²) < 4.78 is 6.84. The predicted octanol–water partition coefficient (Wildman–Crippen LogP) is 3.68. The van der Waals surface area contributed by atoms with Crippen LogP contribution in [-0.2, 0) is 6.54 Å². The van der Waals surface area contributed by atoms with Gasteiger partial charge in [-0.2, -0.15) is 5.26 Å². The smallest absolute Gasteiger partial charge is 0.203 e. The Hall–Kier alpha value is -3.98. The zero-order valence-corrected chi connectivity index (χ0v) is 15.3. The molecule has 138 valence electrons. The highest BCUT2D eigenvalue weighted by Gasteiger charge is 2.11. The summed E-state index contributed by atoms with van der Waals surface area (Å²) in [5, 5.41) is 17.5. The van der Waals surface area contributed by atoms with Gasteiger partial charge in [0.05, 0.1) is 25.4 Å². The molecule has 0 spiro atoms. The van der Waals surface area contributed by atoms with Gasteiger partial charge in [-0.05, 0) is 29.8 Å². The second-order valence-corrected chi connectivity index (χ2v) is 5.94. The average molecular weight is 370 g/mol. The first-order chi connectivity index (χ1) is 13.7. The molecule has 0 aliphatic rings. The van der Waals surface area contributed by atoms with Crippen molar-refractivity contribution in [2.45, 2.75) is 6.54 Å². The SMILES string of the molecule is COc1cccc(C(=O)/C(C#N)=C/C=C/c2cn(Cc3ccccc3)nn2)c1. The van der Waals surface area contributed by atoms with Crippen LogP contribution in [0.1, 0.15) is 21.6 Å². The summed E-state index contributed by atoms with van der Waals surface area (Å²) in [5.74, 6) is 0.201. The number of hydrogen-bond acceptors (Lipinski definition) is 5. The summed E-state index contributed by atoms with van der Waals surface area (Å²) >= 11 is 0. The third kappa shape index (κ3) is 4.80. The molecule has 6 nitrogen and oxygen atoms in total. The molecule has 0 aliphatic heterocycles. The quantitative estimate of drug-likeness (QED) is 0.274.